The molecule has 3 aromatic heterocycles. The number of aromatic amines is 1. The van der Waals surface area contributed by atoms with Gasteiger partial charge in [0.25, 0.3) is 0 Å². The quantitative estimate of drug-likeness (QED) is 0.776. The lowest BCUT2D eigenvalue weighted by Gasteiger charge is -2.32. The molecule has 0 radical (unpaired) electrons. The van der Waals surface area contributed by atoms with Crippen LogP contribution in [0.4, 0.5) is 5.82 Å². The molecular weight excluding hydrogens is 278 g/mol. The lowest BCUT2D eigenvalue weighted by molar-refractivity contribution is 0.490. The van der Waals surface area contributed by atoms with Gasteiger partial charge in [0.1, 0.15) is 17.2 Å². The summed E-state index contributed by atoms with van der Waals surface area (Å²) in [6.45, 7) is 3.81. The number of hydrogen-bond donors (Lipinski definition) is 1. The number of aromatic nitrogens is 6. The van der Waals surface area contributed by atoms with Crippen LogP contribution in [0.3, 0.4) is 0 Å². The molecule has 3 aromatic rings. The first-order valence-electron chi connectivity index (χ1n) is 7.51. The predicted octanol–water partition coefficient (Wildman–Crippen LogP) is 1.84. The molecule has 0 aliphatic carbocycles. The van der Waals surface area contributed by atoms with E-state index in [-0.39, 0.29) is 0 Å². The molecule has 0 bridgehead atoms. The highest BCUT2D eigenvalue weighted by atomic mass is 15.2. The van der Waals surface area contributed by atoms with E-state index in [1.54, 1.807) is 12.4 Å². The molecule has 7 nitrogen and oxygen atoms in total. The average molecular weight is 295 g/mol. The van der Waals surface area contributed by atoms with E-state index in [4.69, 9.17) is 0 Å². The van der Waals surface area contributed by atoms with Gasteiger partial charge in [-0.3, -0.25) is 10.1 Å². The smallest absolute Gasteiger partial charge is 0.180 e. The van der Waals surface area contributed by atoms with Crippen LogP contribution in [0.1, 0.15) is 30.4 Å². The maximum Gasteiger partial charge on any atom is 0.180 e. The highest BCUT2D eigenvalue weighted by Gasteiger charge is 2.25. The summed E-state index contributed by atoms with van der Waals surface area (Å²) in [6.07, 6.45) is 5.58. The number of pyridine rings is 1. The lowest BCUT2D eigenvalue weighted by Crippen LogP contribution is -2.35. The van der Waals surface area contributed by atoms with Gasteiger partial charge in [0.05, 0.1) is 0 Å². The van der Waals surface area contributed by atoms with Crippen LogP contribution in [-0.2, 0) is 0 Å². The summed E-state index contributed by atoms with van der Waals surface area (Å²) in [5, 5.41) is 7.24. The van der Waals surface area contributed by atoms with Crippen LogP contribution in [0.15, 0.2) is 24.5 Å². The predicted molar refractivity (Wildman–Crippen MR) is 82.6 cm³/mol. The lowest BCUT2D eigenvalue weighted by atomic mass is 9.97. The van der Waals surface area contributed by atoms with E-state index in [0.717, 1.165) is 48.9 Å². The van der Waals surface area contributed by atoms with Crippen LogP contribution in [0.2, 0.25) is 0 Å². The second-order valence-corrected chi connectivity index (χ2v) is 5.63. The summed E-state index contributed by atoms with van der Waals surface area (Å²) < 4.78 is 0. The molecule has 1 aliphatic rings. The van der Waals surface area contributed by atoms with Crippen LogP contribution in [-0.4, -0.2) is 43.2 Å². The van der Waals surface area contributed by atoms with Gasteiger partial charge in [0.15, 0.2) is 11.5 Å². The molecule has 4 rings (SSSR count). The van der Waals surface area contributed by atoms with Gasteiger partial charge >= 0.3 is 0 Å². The Kier molecular flexibility index (Phi) is 3.17. The normalized spacial score (nSPS) is 18.8. The van der Waals surface area contributed by atoms with Crippen molar-refractivity contribution < 1.29 is 0 Å². The zero-order valence-electron chi connectivity index (χ0n) is 12.4. The molecule has 1 N–H and O–H groups in total. The van der Waals surface area contributed by atoms with Gasteiger partial charge < -0.3 is 4.90 Å². The molecule has 1 saturated heterocycles. The molecule has 1 aliphatic heterocycles. The van der Waals surface area contributed by atoms with E-state index < -0.39 is 0 Å². The second kappa shape index (κ2) is 5.32. The van der Waals surface area contributed by atoms with Gasteiger partial charge in [0, 0.05) is 31.4 Å². The van der Waals surface area contributed by atoms with Crippen molar-refractivity contribution >= 4 is 17.0 Å². The molecule has 0 aromatic carbocycles. The number of rotatable bonds is 2. The Labute approximate surface area is 127 Å². The molecule has 1 atom stereocenters. The Bertz CT molecular complexity index is 797. The maximum atomic E-state index is 4.64. The zero-order chi connectivity index (χ0) is 14.9. The number of nitrogens with zero attached hydrogens (tertiary/aromatic N) is 6. The SMILES string of the molecule is Cc1nc(C2CCCN(c3ccc4nccnc4n3)C2)n[nH]1. The minimum Gasteiger partial charge on any atom is -0.356 e. The van der Waals surface area contributed by atoms with E-state index in [9.17, 15) is 0 Å². The van der Waals surface area contributed by atoms with Crippen molar-refractivity contribution in [2.45, 2.75) is 25.7 Å². The Morgan fingerprint density at radius 3 is 2.95 bits per heavy atom. The van der Waals surface area contributed by atoms with Crippen molar-refractivity contribution in [2.24, 2.45) is 0 Å². The first kappa shape index (κ1) is 13.1. The Morgan fingerprint density at radius 1 is 1.18 bits per heavy atom. The summed E-state index contributed by atoms with van der Waals surface area (Å²) in [7, 11) is 0. The van der Waals surface area contributed by atoms with E-state index in [2.05, 4.69) is 35.0 Å². The number of fused-ring (bicyclic) bond motifs is 1. The number of nitrogens with one attached hydrogen (secondary N) is 1. The molecule has 7 heteroatoms. The van der Waals surface area contributed by atoms with E-state index in [0.29, 0.717) is 11.6 Å². The molecule has 4 heterocycles. The van der Waals surface area contributed by atoms with Crippen molar-refractivity contribution in [1.82, 2.24) is 30.1 Å². The van der Waals surface area contributed by atoms with Crippen molar-refractivity contribution in [1.29, 1.82) is 0 Å². The highest BCUT2D eigenvalue weighted by Crippen LogP contribution is 2.27. The summed E-state index contributed by atoms with van der Waals surface area (Å²) in [5.41, 5.74) is 1.51. The minimum absolute atomic E-state index is 0.345. The summed E-state index contributed by atoms with van der Waals surface area (Å²) >= 11 is 0. The van der Waals surface area contributed by atoms with Gasteiger partial charge in [-0.1, -0.05) is 0 Å². The number of piperidine rings is 1. The minimum atomic E-state index is 0.345. The van der Waals surface area contributed by atoms with Crippen LogP contribution in [0.5, 0.6) is 0 Å². The van der Waals surface area contributed by atoms with E-state index >= 15 is 0 Å². The molecule has 1 unspecified atom stereocenters. The molecule has 112 valence electrons. The monoisotopic (exact) mass is 295 g/mol. The van der Waals surface area contributed by atoms with Crippen LogP contribution in [0, 0.1) is 6.92 Å². The molecule has 0 spiro atoms. The van der Waals surface area contributed by atoms with Gasteiger partial charge in [0.2, 0.25) is 0 Å². The number of hydrogen-bond acceptors (Lipinski definition) is 6. The fourth-order valence-electron chi connectivity index (χ4n) is 2.96. The van der Waals surface area contributed by atoms with Gasteiger partial charge in [-0.25, -0.2) is 15.0 Å². The third-order valence-corrected chi connectivity index (χ3v) is 4.04. The number of aryl methyl sites for hydroxylation is 1. The second-order valence-electron chi connectivity index (χ2n) is 5.63. The average Bonchev–Trinajstić information content (AvgIpc) is 3.01. The van der Waals surface area contributed by atoms with Crippen molar-refractivity contribution in [2.75, 3.05) is 18.0 Å². The standard InChI is InChI=1S/C15H17N7/c1-10-18-14(21-20-10)11-3-2-8-22(9-11)13-5-4-12-15(19-13)17-7-6-16-12/h4-7,11H,2-3,8-9H2,1H3,(H,18,20,21). The third-order valence-electron chi connectivity index (χ3n) is 4.04. The Hall–Kier alpha value is -2.57. The first-order valence-corrected chi connectivity index (χ1v) is 7.51. The van der Waals surface area contributed by atoms with Crippen LogP contribution >= 0.6 is 0 Å². The van der Waals surface area contributed by atoms with Crippen molar-refractivity contribution in [3.8, 4) is 0 Å². The van der Waals surface area contributed by atoms with Gasteiger partial charge in [-0.2, -0.15) is 5.10 Å². The van der Waals surface area contributed by atoms with Crippen molar-refractivity contribution in [3.05, 3.63) is 36.2 Å². The summed E-state index contributed by atoms with van der Waals surface area (Å²) in [5.74, 6) is 3.07. The van der Waals surface area contributed by atoms with Crippen LogP contribution < -0.4 is 4.90 Å². The Morgan fingerprint density at radius 2 is 2.09 bits per heavy atom. The number of anilines is 1. The van der Waals surface area contributed by atoms with E-state index in [1.165, 1.54) is 0 Å². The zero-order valence-corrected chi connectivity index (χ0v) is 12.4. The third kappa shape index (κ3) is 2.38. The molecular formula is C15H17N7. The van der Waals surface area contributed by atoms with Gasteiger partial charge in [-0.05, 0) is 31.9 Å². The Balaban J connectivity index is 1.60. The molecule has 22 heavy (non-hydrogen) atoms. The molecule has 1 fully saturated rings. The summed E-state index contributed by atoms with van der Waals surface area (Å²) in [4.78, 5) is 20.0. The van der Waals surface area contributed by atoms with Crippen LogP contribution in [0.25, 0.3) is 11.2 Å². The van der Waals surface area contributed by atoms with Crippen molar-refractivity contribution in [3.63, 3.8) is 0 Å². The topological polar surface area (TPSA) is 83.5 Å². The summed E-state index contributed by atoms with van der Waals surface area (Å²) in [6, 6.07) is 3.99. The van der Waals surface area contributed by atoms with Gasteiger partial charge in [-0.15, -0.1) is 0 Å². The molecule has 0 saturated carbocycles. The fraction of sp³-hybridized carbons (Fsp3) is 0.400. The highest BCUT2D eigenvalue weighted by molar-refractivity contribution is 5.71. The number of H-pyrrole nitrogens is 1. The fourth-order valence-corrected chi connectivity index (χ4v) is 2.96. The molecule has 0 amide bonds. The largest absolute Gasteiger partial charge is 0.356 e. The first-order chi connectivity index (χ1) is 10.8. The van der Waals surface area contributed by atoms with E-state index in [1.807, 2.05) is 19.1 Å². The maximum absolute atomic E-state index is 4.64.